The van der Waals surface area contributed by atoms with Crippen LogP contribution in [0.15, 0.2) is 78.9 Å². The Morgan fingerprint density at radius 1 is 0.840 bits per heavy atom. The van der Waals surface area contributed by atoms with E-state index in [4.69, 9.17) is 4.74 Å². The fourth-order valence-electron chi connectivity index (χ4n) is 2.34. The molecule has 0 saturated carbocycles. The van der Waals surface area contributed by atoms with Gasteiger partial charge >= 0.3 is 11.9 Å². The number of aryl methyl sites for hydroxylation is 1. The first-order valence-electron chi connectivity index (χ1n) is 8.43. The van der Waals surface area contributed by atoms with Crippen LogP contribution in [0.1, 0.15) is 46.0 Å². The molecule has 3 heteroatoms. The third kappa shape index (κ3) is 5.88. The van der Waals surface area contributed by atoms with Crippen LogP contribution in [-0.2, 0) is 11.2 Å². The van der Waals surface area contributed by atoms with Gasteiger partial charge in [0.2, 0.25) is 0 Å². The molecule has 0 radical (unpaired) electrons. The lowest BCUT2D eigenvalue weighted by Gasteiger charge is -2.06. The quantitative estimate of drug-likeness (QED) is 0.576. The fourth-order valence-corrected chi connectivity index (χ4v) is 2.34. The zero-order valence-electron chi connectivity index (χ0n) is 14.4. The van der Waals surface area contributed by atoms with Crippen LogP contribution in [0, 0.1) is 0 Å². The summed E-state index contributed by atoms with van der Waals surface area (Å²) in [5.74, 6) is -1.23. The first-order valence-corrected chi connectivity index (χ1v) is 8.43. The maximum atomic E-state index is 12.0. The van der Waals surface area contributed by atoms with Gasteiger partial charge < -0.3 is 4.74 Å². The molecule has 0 atom stereocenters. The van der Waals surface area contributed by atoms with Crippen molar-refractivity contribution in [3.05, 3.63) is 95.6 Å². The van der Waals surface area contributed by atoms with Crippen molar-refractivity contribution in [2.24, 2.45) is 0 Å². The number of esters is 2. The van der Waals surface area contributed by atoms with E-state index in [0.29, 0.717) is 17.5 Å². The second kappa shape index (κ2) is 10.0. The summed E-state index contributed by atoms with van der Waals surface area (Å²) >= 11 is 0. The Morgan fingerprint density at radius 2 is 1.44 bits per heavy atom. The van der Waals surface area contributed by atoms with Gasteiger partial charge in [-0.25, -0.2) is 9.59 Å². The molecule has 0 spiro atoms. The summed E-state index contributed by atoms with van der Waals surface area (Å²) in [5, 5.41) is 0. The lowest BCUT2D eigenvalue weighted by molar-refractivity contribution is 0.0397. The molecular weight excluding hydrogens is 312 g/mol. The molecule has 0 aliphatic heterocycles. The van der Waals surface area contributed by atoms with Crippen molar-refractivity contribution in [3.63, 3.8) is 0 Å². The number of hydrogen-bond acceptors (Lipinski definition) is 3. The van der Waals surface area contributed by atoms with Gasteiger partial charge in [-0.05, 0) is 43.0 Å². The van der Waals surface area contributed by atoms with E-state index < -0.39 is 11.9 Å². The molecule has 1 aliphatic rings. The Labute approximate surface area is 148 Å². The summed E-state index contributed by atoms with van der Waals surface area (Å²) in [7, 11) is 0. The molecule has 3 rings (SSSR count). The van der Waals surface area contributed by atoms with Gasteiger partial charge in [0.25, 0.3) is 0 Å². The minimum absolute atomic E-state index is 0.366. The molecule has 0 saturated heterocycles. The van der Waals surface area contributed by atoms with Crippen molar-refractivity contribution in [2.45, 2.75) is 26.2 Å². The Kier molecular flexibility index (Phi) is 7.39. The number of carbonyl (C=O) groups excluding carboxylic acids is 2. The Bertz CT molecular complexity index is 746. The van der Waals surface area contributed by atoms with Gasteiger partial charge in [-0.3, -0.25) is 0 Å². The number of rotatable bonds is 3. The number of benzene rings is 2. The predicted octanol–water partition coefficient (Wildman–Crippen LogP) is 5.14. The van der Waals surface area contributed by atoms with Crippen molar-refractivity contribution in [3.8, 4) is 0 Å². The lowest BCUT2D eigenvalue weighted by atomic mass is 10.1. The fraction of sp³-hybridized carbons (Fsp3) is 0.182. The molecule has 2 aromatic carbocycles. The van der Waals surface area contributed by atoms with E-state index >= 15 is 0 Å². The van der Waals surface area contributed by atoms with Crippen LogP contribution in [0.4, 0.5) is 0 Å². The average molecular weight is 334 g/mol. The summed E-state index contributed by atoms with van der Waals surface area (Å²) < 4.78 is 4.89. The number of hydrogen-bond donors (Lipinski definition) is 0. The Morgan fingerprint density at radius 3 is 2.00 bits per heavy atom. The van der Waals surface area contributed by atoms with Crippen LogP contribution in [0.2, 0.25) is 0 Å². The first kappa shape index (κ1) is 18.4. The van der Waals surface area contributed by atoms with Crippen LogP contribution in [0.5, 0.6) is 0 Å². The summed E-state index contributed by atoms with van der Waals surface area (Å²) in [6.45, 7) is 1.95. The minimum Gasteiger partial charge on any atom is -0.386 e. The van der Waals surface area contributed by atoms with Crippen molar-refractivity contribution in [1.82, 2.24) is 0 Å². The Hall–Kier alpha value is -2.94. The van der Waals surface area contributed by atoms with Crippen LogP contribution in [0.25, 0.3) is 0 Å². The van der Waals surface area contributed by atoms with Crippen molar-refractivity contribution in [2.75, 3.05) is 0 Å². The summed E-state index contributed by atoms with van der Waals surface area (Å²) in [4.78, 5) is 23.8. The molecule has 0 amide bonds. The van der Waals surface area contributed by atoms with E-state index in [1.54, 1.807) is 42.5 Å². The monoisotopic (exact) mass is 334 g/mol. The third-order valence-corrected chi connectivity index (χ3v) is 3.70. The highest BCUT2D eigenvalue weighted by Crippen LogP contribution is 2.12. The number of ether oxygens (including phenoxy) is 1. The smallest absolute Gasteiger partial charge is 0.346 e. The van der Waals surface area contributed by atoms with Crippen LogP contribution < -0.4 is 0 Å². The second-order valence-electron chi connectivity index (χ2n) is 5.49. The highest BCUT2D eigenvalue weighted by Gasteiger charge is 2.16. The molecule has 0 bridgehead atoms. The normalized spacial score (nSPS) is 12.0. The van der Waals surface area contributed by atoms with Gasteiger partial charge in [-0.15, -0.1) is 0 Å². The summed E-state index contributed by atoms with van der Waals surface area (Å²) in [5.41, 5.74) is 1.67. The molecule has 0 N–H and O–H groups in total. The van der Waals surface area contributed by atoms with Gasteiger partial charge in [0.1, 0.15) is 0 Å². The molecule has 1 aliphatic carbocycles. The topological polar surface area (TPSA) is 43.4 Å². The molecule has 0 aromatic heterocycles. The zero-order chi connectivity index (χ0) is 17.9. The minimum atomic E-state index is -0.628. The third-order valence-electron chi connectivity index (χ3n) is 3.70. The maximum absolute atomic E-state index is 12.0. The lowest BCUT2D eigenvalue weighted by Crippen LogP contribution is -2.14. The molecule has 128 valence electrons. The summed E-state index contributed by atoms with van der Waals surface area (Å²) in [6, 6.07) is 15.6. The molecular formula is C22H22O3. The standard InChI is InChI=1S/C16H14O3.C6H8/c1-2-12-8-6-7-11-14(12)16(18)19-15(17)13-9-4-3-5-10-13;1-2-4-6-5-3-1/h3-11H,2H2,1H3;1-4H,5-6H2. The van der Waals surface area contributed by atoms with E-state index in [-0.39, 0.29) is 0 Å². The molecule has 25 heavy (non-hydrogen) atoms. The predicted molar refractivity (Wildman–Crippen MR) is 99.5 cm³/mol. The van der Waals surface area contributed by atoms with Gasteiger partial charge in [0, 0.05) is 0 Å². The number of allylic oxidation sites excluding steroid dienone is 4. The molecule has 3 nitrogen and oxygen atoms in total. The first-order chi connectivity index (χ1) is 12.2. The van der Waals surface area contributed by atoms with Crippen LogP contribution in [0.3, 0.4) is 0 Å². The molecule has 0 fully saturated rings. The van der Waals surface area contributed by atoms with Gasteiger partial charge in [-0.2, -0.15) is 0 Å². The zero-order valence-corrected chi connectivity index (χ0v) is 14.4. The molecule has 0 unspecified atom stereocenters. The van der Waals surface area contributed by atoms with Crippen molar-refractivity contribution >= 4 is 11.9 Å². The van der Waals surface area contributed by atoms with E-state index in [2.05, 4.69) is 24.3 Å². The van der Waals surface area contributed by atoms with Gasteiger partial charge in [0.05, 0.1) is 11.1 Å². The molecule has 0 heterocycles. The highest BCUT2D eigenvalue weighted by atomic mass is 16.6. The van der Waals surface area contributed by atoms with Crippen molar-refractivity contribution in [1.29, 1.82) is 0 Å². The number of carbonyl (C=O) groups is 2. The van der Waals surface area contributed by atoms with E-state index in [1.165, 1.54) is 12.8 Å². The van der Waals surface area contributed by atoms with Gasteiger partial charge in [-0.1, -0.05) is 67.6 Å². The average Bonchev–Trinajstić information content (AvgIpc) is 2.70. The van der Waals surface area contributed by atoms with E-state index in [9.17, 15) is 9.59 Å². The van der Waals surface area contributed by atoms with E-state index in [1.807, 2.05) is 19.1 Å². The van der Waals surface area contributed by atoms with Crippen LogP contribution in [-0.4, -0.2) is 11.9 Å². The SMILES string of the molecule is C1=CCCC=C1.CCc1ccccc1C(=O)OC(=O)c1ccccc1. The second-order valence-corrected chi connectivity index (χ2v) is 5.49. The Balaban J connectivity index is 0.000000316. The maximum Gasteiger partial charge on any atom is 0.346 e. The molecule has 2 aromatic rings. The van der Waals surface area contributed by atoms with E-state index in [0.717, 1.165) is 5.56 Å². The largest absolute Gasteiger partial charge is 0.386 e. The van der Waals surface area contributed by atoms with Crippen LogP contribution >= 0.6 is 0 Å². The van der Waals surface area contributed by atoms with Crippen molar-refractivity contribution < 1.29 is 14.3 Å². The summed E-state index contributed by atoms with van der Waals surface area (Å²) in [6.07, 6.45) is 11.7. The highest BCUT2D eigenvalue weighted by molar-refractivity contribution is 6.03. The van der Waals surface area contributed by atoms with Gasteiger partial charge in [0.15, 0.2) is 0 Å².